The summed E-state index contributed by atoms with van der Waals surface area (Å²) in [7, 11) is 0. The van der Waals surface area contributed by atoms with Crippen LogP contribution in [-0.2, 0) is 4.79 Å². The number of nitrogens with zero attached hydrogens (tertiary/aromatic N) is 2. The van der Waals surface area contributed by atoms with Gasteiger partial charge in [-0.25, -0.2) is 0 Å². The van der Waals surface area contributed by atoms with Crippen LogP contribution in [0.15, 0.2) is 30.3 Å². The van der Waals surface area contributed by atoms with E-state index in [4.69, 9.17) is 5.73 Å². The van der Waals surface area contributed by atoms with Crippen molar-refractivity contribution in [3.63, 3.8) is 0 Å². The zero-order valence-electron chi connectivity index (χ0n) is 13.2. The number of piperazine rings is 1. The molecule has 2 atom stereocenters. The first-order valence-electron chi connectivity index (χ1n) is 7.88. The Labute approximate surface area is 127 Å². The molecule has 4 heteroatoms. The third-order valence-electron chi connectivity index (χ3n) is 4.33. The second-order valence-corrected chi connectivity index (χ2v) is 6.10. The molecule has 1 aromatic carbocycles. The molecule has 1 aliphatic rings. The van der Waals surface area contributed by atoms with Gasteiger partial charge in [-0.2, -0.15) is 0 Å². The number of nitrogens with two attached hydrogens (primary N) is 1. The summed E-state index contributed by atoms with van der Waals surface area (Å²) < 4.78 is 0. The molecule has 0 radical (unpaired) electrons. The van der Waals surface area contributed by atoms with Gasteiger partial charge in [-0.3, -0.25) is 9.69 Å². The predicted molar refractivity (Wildman–Crippen MR) is 86.1 cm³/mol. The third kappa shape index (κ3) is 4.29. The van der Waals surface area contributed by atoms with Crippen LogP contribution < -0.4 is 5.73 Å². The molecule has 1 saturated heterocycles. The number of rotatable bonds is 5. The first kappa shape index (κ1) is 16.0. The smallest absolute Gasteiger partial charge is 0.229 e. The largest absolute Gasteiger partial charge is 0.340 e. The highest BCUT2D eigenvalue weighted by atomic mass is 16.2. The van der Waals surface area contributed by atoms with Gasteiger partial charge in [0.15, 0.2) is 0 Å². The zero-order chi connectivity index (χ0) is 15.2. The van der Waals surface area contributed by atoms with Gasteiger partial charge in [0.25, 0.3) is 0 Å². The van der Waals surface area contributed by atoms with E-state index in [2.05, 4.69) is 11.8 Å². The molecule has 1 amide bonds. The summed E-state index contributed by atoms with van der Waals surface area (Å²) in [5, 5.41) is 0. The Morgan fingerprint density at radius 3 is 2.33 bits per heavy atom. The fourth-order valence-corrected chi connectivity index (χ4v) is 2.82. The first-order valence-corrected chi connectivity index (χ1v) is 7.88. The van der Waals surface area contributed by atoms with Crippen LogP contribution in [0, 0.1) is 5.92 Å². The molecule has 2 rings (SSSR count). The second-order valence-electron chi connectivity index (χ2n) is 6.10. The minimum Gasteiger partial charge on any atom is -0.340 e. The first-order chi connectivity index (χ1) is 10.1. The minimum atomic E-state index is -0.0549. The maximum atomic E-state index is 12.6. The molecule has 0 bridgehead atoms. The van der Waals surface area contributed by atoms with E-state index in [1.165, 1.54) is 0 Å². The van der Waals surface area contributed by atoms with Crippen molar-refractivity contribution >= 4 is 5.91 Å². The van der Waals surface area contributed by atoms with Gasteiger partial charge in [-0.15, -0.1) is 0 Å². The van der Waals surface area contributed by atoms with Crippen molar-refractivity contribution in [3.8, 4) is 0 Å². The van der Waals surface area contributed by atoms with Gasteiger partial charge >= 0.3 is 0 Å². The summed E-state index contributed by atoms with van der Waals surface area (Å²) in [5.41, 5.74) is 6.78. The molecule has 4 nitrogen and oxygen atoms in total. The molecule has 0 aromatic heterocycles. The highest BCUT2D eigenvalue weighted by Gasteiger charge is 2.25. The van der Waals surface area contributed by atoms with Gasteiger partial charge < -0.3 is 10.6 Å². The fourth-order valence-electron chi connectivity index (χ4n) is 2.82. The van der Waals surface area contributed by atoms with Gasteiger partial charge in [0, 0.05) is 32.7 Å². The highest BCUT2D eigenvalue weighted by molar-refractivity contribution is 5.83. The Kier molecular flexibility index (Phi) is 5.76. The zero-order valence-corrected chi connectivity index (χ0v) is 13.2. The number of hydrogen-bond donors (Lipinski definition) is 1. The topological polar surface area (TPSA) is 49.6 Å². The van der Waals surface area contributed by atoms with Crippen LogP contribution >= 0.6 is 0 Å². The SMILES string of the molecule is CC(CN)CN1CCN(C(=O)C(C)c2ccccc2)CC1. The Bertz CT molecular complexity index is 441. The highest BCUT2D eigenvalue weighted by Crippen LogP contribution is 2.18. The van der Waals surface area contributed by atoms with Crippen LogP contribution in [0.2, 0.25) is 0 Å². The van der Waals surface area contributed by atoms with Crippen molar-refractivity contribution in [2.45, 2.75) is 19.8 Å². The maximum absolute atomic E-state index is 12.6. The average Bonchev–Trinajstić information content (AvgIpc) is 2.55. The monoisotopic (exact) mass is 289 g/mol. The lowest BCUT2D eigenvalue weighted by Gasteiger charge is -2.37. The number of carbonyl (C=O) groups excluding carboxylic acids is 1. The molecule has 0 aliphatic carbocycles. The van der Waals surface area contributed by atoms with E-state index in [1.807, 2.05) is 42.2 Å². The summed E-state index contributed by atoms with van der Waals surface area (Å²) in [6.07, 6.45) is 0. The van der Waals surface area contributed by atoms with Gasteiger partial charge in [0.05, 0.1) is 5.92 Å². The lowest BCUT2D eigenvalue weighted by Crippen LogP contribution is -2.50. The average molecular weight is 289 g/mol. The number of carbonyl (C=O) groups is 1. The van der Waals surface area contributed by atoms with E-state index < -0.39 is 0 Å². The molecule has 0 saturated carbocycles. The quantitative estimate of drug-likeness (QED) is 0.894. The maximum Gasteiger partial charge on any atom is 0.229 e. The van der Waals surface area contributed by atoms with Crippen LogP contribution in [-0.4, -0.2) is 55.0 Å². The molecule has 2 N–H and O–H groups in total. The number of amides is 1. The molecule has 0 spiro atoms. The van der Waals surface area contributed by atoms with Crippen LogP contribution in [0.1, 0.15) is 25.3 Å². The van der Waals surface area contributed by atoms with Gasteiger partial charge in [-0.05, 0) is 24.9 Å². The Balaban J connectivity index is 1.86. The molecule has 1 fully saturated rings. The van der Waals surface area contributed by atoms with Crippen molar-refractivity contribution < 1.29 is 4.79 Å². The van der Waals surface area contributed by atoms with E-state index in [-0.39, 0.29) is 11.8 Å². The predicted octanol–water partition coefficient (Wildman–Crippen LogP) is 1.53. The lowest BCUT2D eigenvalue weighted by molar-refractivity contribution is -0.134. The molecular weight excluding hydrogens is 262 g/mol. The summed E-state index contributed by atoms with van der Waals surface area (Å²) in [6, 6.07) is 10.0. The molecule has 2 unspecified atom stereocenters. The molecular formula is C17H27N3O. The Morgan fingerprint density at radius 2 is 1.76 bits per heavy atom. The van der Waals surface area contributed by atoms with Crippen LogP contribution in [0.4, 0.5) is 0 Å². The molecule has 116 valence electrons. The molecule has 21 heavy (non-hydrogen) atoms. The van der Waals surface area contributed by atoms with Crippen molar-refractivity contribution in [1.82, 2.24) is 9.80 Å². The van der Waals surface area contributed by atoms with Crippen molar-refractivity contribution in [1.29, 1.82) is 0 Å². The molecule has 1 heterocycles. The van der Waals surface area contributed by atoms with Crippen LogP contribution in [0.5, 0.6) is 0 Å². The Morgan fingerprint density at radius 1 is 1.14 bits per heavy atom. The van der Waals surface area contributed by atoms with Crippen molar-refractivity contribution in [3.05, 3.63) is 35.9 Å². The van der Waals surface area contributed by atoms with Gasteiger partial charge in [0.2, 0.25) is 5.91 Å². The van der Waals surface area contributed by atoms with E-state index in [1.54, 1.807) is 0 Å². The third-order valence-corrected chi connectivity index (χ3v) is 4.33. The van der Waals surface area contributed by atoms with E-state index >= 15 is 0 Å². The summed E-state index contributed by atoms with van der Waals surface area (Å²) in [5.74, 6) is 0.712. The van der Waals surface area contributed by atoms with Gasteiger partial charge in [0.1, 0.15) is 0 Å². The molecule has 1 aromatic rings. The van der Waals surface area contributed by atoms with Crippen molar-refractivity contribution in [2.75, 3.05) is 39.3 Å². The summed E-state index contributed by atoms with van der Waals surface area (Å²) in [6.45, 7) is 9.50. The van der Waals surface area contributed by atoms with Gasteiger partial charge in [-0.1, -0.05) is 37.3 Å². The number of hydrogen-bond acceptors (Lipinski definition) is 3. The van der Waals surface area contributed by atoms with Crippen LogP contribution in [0.25, 0.3) is 0 Å². The van der Waals surface area contributed by atoms with E-state index in [0.29, 0.717) is 5.92 Å². The lowest BCUT2D eigenvalue weighted by atomic mass is 9.99. The van der Waals surface area contributed by atoms with E-state index in [0.717, 1.165) is 44.8 Å². The second kappa shape index (κ2) is 7.57. The fraction of sp³-hybridized carbons (Fsp3) is 0.588. The number of benzene rings is 1. The standard InChI is InChI=1S/C17H27N3O/c1-14(12-18)13-19-8-10-20(11-9-19)17(21)15(2)16-6-4-3-5-7-16/h3-7,14-15H,8-13,18H2,1-2H3. The van der Waals surface area contributed by atoms with Crippen molar-refractivity contribution in [2.24, 2.45) is 11.7 Å². The summed E-state index contributed by atoms with van der Waals surface area (Å²) in [4.78, 5) is 17.0. The Hall–Kier alpha value is -1.39. The normalized spacial score (nSPS) is 19.3. The van der Waals surface area contributed by atoms with Crippen LogP contribution in [0.3, 0.4) is 0 Å². The van der Waals surface area contributed by atoms with E-state index in [9.17, 15) is 4.79 Å². The summed E-state index contributed by atoms with van der Waals surface area (Å²) >= 11 is 0. The minimum absolute atomic E-state index is 0.0549. The molecule has 1 aliphatic heterocycles.